The fourth-order valence-electron chi connectivity index (χ4n) is 4.37. The fourth-order valence-corrected chi connectivity index (χ4v) is 4.37. The van der Waals surface area contributed by atoms with Crippen LogP contribution in [-0.2, 0) is 13.0 Å². The van der Waals surface area contributed by atoms with E-state index >= 15 is 0 Å². The van der Waals surface area contributed by atoms with E-state index in [0.717, 1.165) is 6.42 Å². The Kier molecular flexibility index (Phi) is 6.85. The van der Waals surface area contributed by atoms with E-state index in [4.69, 9.17) is 9.40 Å². The number of carbonyl (C=O) groups excluding carboxylic acids is 1. The zero-order chi connectivity index (χ0) is 25.8. The number of urea groups is 1. The number of para-hydroxylation sites is 2. The van der Waals surface area contributed by atoms with Crippen LogP contribution in [0, 0.1) is 0 Å². The summed E-state index contributed by atoms with van der Waals surface area (Å²) in [7, 11) is 0. The van der Waals surface area contributed by atoms with Gasteiger partial charge in [-0.25, -0.2) is 9.78 Å². The third-order valence-electron chi connectivity index (χ3n) is 6.44. The van der Waals surface area contributed by atoms with Gasteiger partial charge in [-0.15, -0.1) is 0 Å². The molecule has 1 atom stereocenters. The number of hydrogen-bond acceptors (Lipinski definition) is 4. The van der Waals surface area contributed by atoms with Crippen LogP contribution in [0.3, 0.4) is 0 Å². The van der Waals surface area contributed by atoms with Crippen molar-refractivity contribution in [3.8, 4) is 5.69 Å². The second-order valence-corrected chi connectivity index (χ2v) is 8.83. The summed E-state index contributed by atoms with van der Waals surface area (Å²) in [6.07, 6.45) is 2.49. The molecule has 0 saturated carbocycles. The molecule has 0 radical (unpaired) electrons. The smallest absolute Gasteiger partial charge is 0.322 e. The number of fused-ring (bicyclic) bond motifs is 1. The number of aryl methyl sites for hydroxylation is 1. The van der Waals surface area contributed by atoms with E-state index < -0.39 is 6.04 Å². The molecule has 2 aromatic heterocycles. The normalized spacial score (nSPS) is 11.8. The Morgan fingerprint density at radius 3 is 2.41 bits per heavy atom. The number of nitrogens with zero attached hydrogens (tertiary/aromatic N) is 3. The third kappa shape index (κ3) is 5.02. The lowest BCUT2D eigenvalue weighted by atomic mass is 10.1. The lowest BCUT2D eigenvalue weighted by Gasteiger charge is -2.30. The van der Waals surface area contributed by atoms with Gasteiger partial charge in [0.25, 0.3) is 5.56 Å². The highest BCUT2D eigenvalue weighted by atomic mass is 16.3. The summed E-state index contributed by atoms with van der Waals surface area (Å²) in [5.41, 5.74) is 2.94. The number of furan rings is 1. The average molecular weight is 493 g/mol. The summed E-state index contributed by atoms with van der Waals surface area (Å²) in [6, 6.07) is 27.1. The number of amides is 2. The van der Waals surface area contributed by atoms with Gasteiger partial charge in [0.1, 0.15) is 11.6 Å². The molecule has 0 bridgehead atoms. The zero-order valence-corrected chi connectivity index (χ0v) is 20.8. The molecular formula is C30H28N4O3. The van der Waals surface area contributed by atoms with Crippen LogP contribution < -0.4 is 10.9 Å². The second kappa shape index (κ2) is 10.5. The van der Waals surface area contributed by atoms with Crippen molar-refractivity contribution in [2.45, 2.75) is 32.9 Å². The summed E-state index contributed by atoms with van der Waals surface area (Å²) < 4.78 is 7.17. The molecule has 0 aliphatic heterocycles. The maximum absolute atomic E-state index is 13.7. The van der Waals surface area contributed by atoms with Crippen LogP contribution in [0.15, 0.2) is 106 Å². The van der Waals surface area contributed by atoms with Gasteiger partial charge in [-0.05, 0) is 67.4 Å². The molecule has 37 heavy (non-hydrogen) atoms. The Bertz CT molecular complexity index is 1560. The quantitative estimate of drug-likeness (QED) is 0.288. The number of rotatable bonds is 7. The first-order valence-corrected chi connectivity index (χ1v) is 12.3. The Labute approximate surface area is 215 Å². The van der Waals surface area contributed by atoms with Crippen molar-refractivity contribution < 1.29 is 9.21 Å². The van der Waals surface area contributed by atoms with Gasteiger partial charge >= 0.3 is 6.03 Å². The molecule has 0 aliphatic carbocycles. The maximum Gasteiger partial charge on any atom is 0.322 e. The van der Waals surface area contributed by atoms with E-state index in [0.29, 0.717) is 33.9 Å². The number of aromatic nitrogens is 2. The SMILES string of the molecule is CCc1ccc(NC(=O)N(Cc2ccco2)C(C)c2nc3ccccc3c(=O)n2-c2ccccc2)cc1. The molecule has 3 aromatic carbocycles. The van der Waals surface area contributed by atoms with Gasteiger partial charge in [0, 0.05) is 5.69 Å². The maximum atomic E-state index is 13.7. The van der Waals surface area contributed by atoms with Gasteiger partial charge in [-0.2, -0.15) is 0 Å². The highest BCUT2D eigenvalue weighted by molar-refractivity contribution is 5.89. The highest BCUT2D eigenvalue weighted by Gasteiger charge is 2.28. The van der Waals surface area contributed by atoms with E-state index in [-0.39, 0.29) is 18.1 Å². The second-order valence-electron chi connectivity index (χ2n) is 8.83. The number of carbonyl (C=O) groups is 1. The van der Waals surface area contributed by atoms with Crippen molar-refractivity contribution >= 4 is 22.6 Å². The van der Waals surface area contributed by atoms with Gasteiger partial charge in [-0.1, -0.05) is 49.4 Å². The first-order valence-electron chi connectivity index (χ1n) is 12.3. The minimum Gasteiger partial charge on any atom is -0.467 e. The summed E-state index contributed by atoms with van der Waals surface area (Å²) >= 11 is 0. The number of nitrogens with one attached hydrogen (secondary N) is 1. The Morgan fingerprint density at radius 2 is 1.70 bits per heavy atom. The summed E-state index contributed by atoms with van der Waals surface area (Å²) in [5, 5.41) is 3.51. The van der Waals surface area contributed by atoms with Gasteiger partial charge in [0.05, 0.1) is 35.4 Å². The van der Waals surface area contributed by atoms with E-state index in [1.807, 2.05) is 85.8 Å². The highest BCUT2D eigenvalue weighted by Crippen LogP contribution is 2.26. The van der Waals surface area contributed by atoms with Crippen LogP contribution in [0.5, 0.6) is 0 Å². The fraction of sp³-hybridized carbons (Fsp3) is 0.167. The van der Waals surface area contributed by atoms with Gasteiger partial charge in [-0.3, -0.25) is 9.36 Å². The number of hydrogen-bond donors (Lipinski definition) is 1. The van der Waals surface area contributed by atoms with E-state index in [2.05, 4.69) is 12.2 Å². The molecular weight excluding hydrogens is 464 g/mol. The van der Waals surface area contributed by atoms with Crippen LogP contribution in [0.2, 0.25) is 0 Å². The lowest BCUT2D eigenvalue weighted by Crippen LogP contribution is -2.39. The Hall–Kier alpha value is -4.65. The molecule has 7 heteroatoms. The summed E-state index contributed by atoms with van der Waals surface area (Å²) in [6.45, 7) is 4.16. The van der Waals surface area contributed by atoms with Gasteiger partial charge < -0.3 is 14.6 Å². The molecule has 1 N–H and O–H groups in total. The van der Waals surface area contributed by atoms with Crippen molar-refractivity contribution in [2.24, 2.45) is 0 Å². The summed E-state index contributed by atoms with van der Waals surface area (Å²) in [4.78, 5) is 33.9. The first-order chi connectivity index (χ1) is 18.0. The molecule has 2 amide bonds. The monoisotopic (exact) mass is 492 g/mol. The van der Waals surface area contributed by atoms with Gasteiger partial charge in [0.15, 0.2) is 0 Å². The van der Waals surface area contributed by atoms with Gasteiger partial charge in [0.2, 0.25) is 0 Å². The molecule has 0 fully saturated rings. The molecule has 2 heterocycles. The van der Waals surface area contributed by atoms with E-state index in [9.17, 15) is 9.59 Å². The van der Waals surface area contributed by atoms with Crippen molar-refractivity contribution in [1.82, 2.24) is 14.5 Å². The molecule has 186 valence electrons. The molecule has 5 rings (SSSR count). The number of anilines is 1. The van der Waals surface area contributed by atoms with Crippen LogP contribution >= 0.6 is 0 Å². The number of benzene rings is 3. The zero-order valence-electron chi connectivity index (χ0n) is 20.8. The predicted molar refractivity (Wildman–Crippen MR) is 145 cm³/mol. The minimum atomic E-state index is -0.572. The van der Waals surface area contributed by atoms with Crippen molar-refractivity contribution in [2.75, 3.05) is 5.32 Å². The largest absolute Gasteiger partial charge is 0.467 e. The molecule has 0 aliphatic rings. The topological polar surface area (TPSA) is 80.4 Å². The first kappa shape index (κ1) is 24.1. The Balaban J connectivity index is 1.60. The Morgan fingerprint density at radius 1 is 0.973 bits per heavy atom. The lowest BCUT2D eigenvalue weighted by molar-refractivity contribution is 0.179. The third-order valence-corrected chi connectivity index (χ3v) is 6.44. The standard InChI is InChI=1S/C30H28N4O3/c1-3-22-15-17-23(18-16-22)31-30(36)33(20-25-12-9-19-37-25)21(2)28-32-27-14-8-7-13-26(27)29(35)34(28)24-10-5-4-6-11-24/h4-19,21H,3,20H2,1-2H3,(H,31,36). The van der Waals surface area contributed by atoms with Crippen LogP contribution in [0.4, 0.5) is 10.5 Å². The van der Waals surface area contributed by atoms with Crippen LogP contribution in [-0.4, -0.2) is 20.5 Å². The van der Waals surface area contributed by atoms with Crippen LogP contribution in [0.25, 0.3) is 16.6 Å². The van der Waals surface area contributed by atoms with Crippen LogP contribution in [0.1, 0.15) is 37.0 Å². The molecule has 1 unspecified atom stereocenters. The predicted octanol–water partition coefficient (Wildman–Crippen LogP) is 6.34. The molecule has 0 spiro atoms. The minimum absolute atomic E-state index is 0.188. The molecule has 0 saturated heterocycles. The van der Waals surface area contributed by atoms with Crippen molar-refractivity contribution in [1.29, 1.82) is 0 Å². The average Bonchev–Trinajstić information content (AvgIpc) is 3.45. The van der Waals surface area contributed by atoms with E-state index in [1.54, 1.807) is 27.9 Å². The van der Waals surface area contributed by atoms with Crippen molar-refractivity contribution in [3.63, 3.8) is 0 Å². The summed E-state index contributed by atoms with van der Waals surface area (Å²) in [5.74, 6) is 1.08. The van der Waals surface area contributed by atoms with Crippen molar-refractivity contribution in [3.05, 3.63) is 125 Å². The molecule has 7 nitrogen and oxygen atoms in total. The van der Waals surface area contributed by atoms with E-state index in [1.165, 1.54) is 5.56 Å². The molecule has 5 aromatic rings.